The second-order valence-electron chi connectivity index (χ2n) is 9.60. The average molecular weight is 704 g/mol. The number of nitrogens with two attached hydrogens (primary N) is 1. The molecule has 2 aliphatic carbocycles. The number of alkyl halides is 1. The van der Waals surface area contributed by atoms with Gasteiger partial charge < -0.3 is 31.5 Å². The van der Waals surface area contributed by atoms with Gasteiger partial charge in [-0.15, -0.1) is 0 Å². The van der Waals surface area contributed by atoms with E-state index in [0.717, 1.165) is 0 Å². The van der Waals surface area contributed by atoms with Crippen LogP contribution in [-0.4, -0.2) is 68.7 Å². The van der Waals surface area contributed by atoms with E-state index >= 15 is 0 Å². The van der Waals surface area contributed by atoms with Gasteiger partial charge in [-0.25, -0.2) is 23.1 Å². The van der Waals surface area contributed by atoms with Gasteiger partial charge in [0.05, 0.1) is 14.8 Å². The second-order valence-corrected chi connectivity index (χ2v) is 13.9. The first-order valence-electron chi connectivity index (χ1n) is 12.1. The van der Waals surface area contributed by atoms with E-state index in [1.807, 2.05) is 13.0 Å². The molecule has 0 saturated heterocycles. The number of carbonyl (C=O) groups is 5. The molecule has 8 N–H and O–H groups in total. The van der Waals surface area contributed by atoms with Crippen LogP contribution in [0.4, 0.5) is 4.79 Å². The molecule has 2 aliphatic rings. The van der Waals surface area contributed by atoms with Crippen molar-refractivity contribution in [3.8, 4) is 11.8 Å². The number of carboxylic acid groups (broad SMARTS) is 2. The van der Waals surface area contributed by atoms with Gasteiger partial charge >= 0.3 is 18.0 Å². The predicted molar refractivity (Wildman–Crippen MR) is 154 cm³/mol. The summed E-state index contributed by atoms with van der Waals surface area (Å²) in [5.41, 5.74) is 3.35. The van der Waals surface area contributed by atoms with Gasteiger partial charge in [-0.1, -0.05) is 40.3 Å². The maximum Gasteiger partial charge on any atom is 0.326 e. The number of rotatable bonds is 13. The van der Waals surface area contributed by atoms with Crippen LogP contribution in [0.1, 0.15) is 46.0 Å². The molecule has 41 heavy (non-hydrogen) atoms. The van der Waals surface area contributed by atoms with E-state index in [-0.39, 0.29) is 34.8 Å². The summed E-state index contributed by atoms with van der Waals surface area (Å²) in [5.74, 6) is 0.887. The van der Waals surface area contributed by atoms with E-state index in [0.29, 0.717) is 5.70 Å². The van der Waals surface area contributed by atoms with Crippen molar-refractivity contribution in [2.75, 3.05) is 0 Å². The van der Waals surface area contributed by atoms with Gasteiger partial charge in [0.15, 0.2) is 0 Å². The van der Waals surface area contributed by atoms with Crippen LogP contribution in [0.5, 0.6) is 0 Å². The van der Waals surface area contributed by atoms with Gasteiger partial charge in [0.2, 0.25) is 21.8 Å². The second kappa shape index (κ2) is 13.8. The Kier molecular flexibility index (Phi) is 11.3. The van der Waals surface area contributed by atoms with Gasteiger partial charge in [0.1, 0.15) is 16.8 Å². The highest BCUT2D eigenvalue weighted by atomic mass is 127. The smallest absolute Gasteiger partial charge is 0.326 e. The Morgan fingerprint density at radius 3 is 2.22 bits per heavy atom. The number of carboxylic acids is 2. The molecule has 4 amide bonds. The fourth-order valence-corrected chi connectivity index (χ4v) is 4.21. The van der Waals surface area contributed by atoms with Gasteiger partial charge in [-0.05, 0) is 50.8 Å². The van der Waals surface area contributed by atoms with Crippen LogP contribution in [0.25, 0.3) is 0 Å². The molecular formula is C25H30IN5O9S. The Morgan fingerprint density at radius 2 is 1.71 bits per heavy atom. The quantitative estimate of drug-likeness (QED) is 0.0597. The summed E-state index contributed by atoms with van der Waals surface area (Å²) in [6.45, 7) is 3.25. The Bertz CT molecular complexity index is 1420. The first kappa shape index (κ1) is 33.6. The van der Waals surface area contributed by atoms with Crippen molar-refractivity contribution in [3.63, 3.8) is 0 Å². The van der Waals surface area contributed by atoms with Crippen molar-refractivity contribution >= 4 is 62.4 Å². The molecule has 16 heteroatoms. The van der Waals surface area contributed by atoms with Crippen LogP contribution < -0.4 is 26.4 Å². The molecule has 0 aromatic heterocycles. The number of amides is 4. The van der Waals surface area contributed by atoms with Gasteiger partial charge in [-0.3, -0.25) is 14.4 Å². The van der Waals surface area contributed by atoms with Crippen LogP contribution in [0, 0.1) is 11.8 Å². The molecule has 0 bridgehead atoms. The van der Waals surface area contributed by atoms with Gasteiger partial charge in [0, 0.05) is 19.3 Å². The van der Waals surface area contributed by atoms with E-state index in [4.69, 9.17) is 10.2 Å². The number of urea groups is 1. The summed E-state index contributed by atoms with van der Waals surface area (Å²) in [5, 5.41) is 33.1. The number of allylic oxidation sites excluding steroid dienone is 4. The molecule has 0 spiro atoms. The first-order chi connectivity index (χ1) is 18.9. The van der Waals surface area contributed by atoms with Crippen molar-refractivity contribution in [2.24, 2.45) is 5.14 Å². The average Bonchev–Trinajstić information content (AvgIpc) is 2.86. The van der Waals surface area contributed by atoms with Gasteiger partial charge in [-0.2, -0.15) is 0 Å². The van der Waals surface area contributed by atoms with Crippen molar-refractivity contribution in [1.82, 2.24) is 21.3 Å². The zero-order valence-electron chi connectivity index (χ0n) is 22.1. The fraction of sp³-hybridized carbons (Fsp3) is 0.440. The molecule has 0 saturated carbocycles. The van der Waals surface area contributed by atoms with E-state index < -0.39 is 63.1 Å². The zero-order valence-corrected chi connectivity index (χ0v) is 25.1. The lowest BCUT2D eigenvalue weighted by molar-refractivity contribution is -0.139. The minimum absolute atomic E-state index is 0.0222. The summed E-state index contributed by atoms with van der Waals surface area (Å²) in [6.07, 6.45) is 5.07. The van der Waals surface area contributed by atoms with Crippen molar-refractivity contribution in [2.45, 2.75) is 66.2 Å². The Labute approximate surface area is 250 Å². The third-order valence-electron chi connectivity index (χ3n) is 5.94. The molecule has 14 nitrogen and oxygen atoms in total. The standard InChI is InChI=1S/C25H30IN5O9S/c1-24(26)11-7-15(8-12-24)28-19(32)5-3-18(22(36)37)31-23(38)30-17(4-6-20(33)34)21(35)29-16-9-13-25(2,14-10-16)41(27,39)40/h7,9,11-12,17-18H,3-6,13H2,1-2H3,(H,28,32)(H,29,35)(H,33,34)(H,36,37)(H2,27,39,40)(H2,30,31,38)/t17-,18-,24?,25?/m0/s1. The summed E-state index contributed by atoms with van der Waals surface area (Å²) >= 11 is 2.19. The Morgan fingerprint density at radius 1 is 1.07 bits per heavy atom. The SMILES string of the molecule is CC1(I)C=C=C(NC(=O)CC[C@H](NC(=O)N[C@@H](CCC(=O)O)C(=O)NC2=CCC(C)(S(N)(=O)=O)C#C2)C(=O)O)C=C1. The highest BCUT2D eigenvalue weighted by Gasteiger charge is 2.35. The topological polar surface area (TPSA) is 234 Å². The van der Waals surface area contributed by atoms with Crippen LogP contribution in [-0.2, 0) is 29.2 Å². The minimum Gasteiger partial charge on any atom is -0.481 e. The van der Waals surface area contributed by atoms with E-state index in [9.17, 15) is 37.5 Å². The van der Waals surface area contributed by atoms with Crippen molar-refractivity contribution < 1.29 is 42.6 Å². The van der Waals surface area contributed by atoms with E-state index in [1.165, 1.54) is 13.0 Å². The monoisotopic (exact) mass is 703 g/mol. The fourth-order valence-electron chi connectivity index (χ4n) is 3.37. The normalized spacial score (nSPS) is 22.5. The van der Waals surface area contributed by atoms with Crippen LogP contribution in [0.2, 0.25) is 0 Å². The van der Waals surface area contributed by atoms with Crippen LogP contribution >= 0.6 is 22.6 Å². The molecule has 0 heterocycles. The highest BCUT2D eigenvalue weighted by Crippen LogP contribution is 2.24. The first-order valence-corrected chi connectivity index (χ1v) is 14.8. The van der Waals surface area contributed by atoms with Crippen molar-refractivity contribution in [3.05, 3.63) is 41.4 Å². The van der Waals surface area contributed by atoms with Crippen LogP contribution in [0.3, 0.4) is 0 Å². The molecule has 2 rings (SSSR count). The molecule has 222 valence electrons. The molecule has 2 unspecified atom stereocenters. The van der Waals surface area contributed by atoms with E-state index in [1.54, 1.807) is 12.2 Å². The molecule has 0 radical (unpaired) electrons. The third-order valence-corrected chi connectivity index (χ3v) is 8.13. The number of hydrogen-bond donors (Lipinski definition) is 7. The molecule has 4 atom stereocenters. The maximum absolute atomic E-state index is 12.8. The molecule has 0 aromatic rings. The summed E-state index contributed by atoms with van der Waals surface area (Å²) < 4.78 is 21.6. The molecular weight excluding hydrogens is 673 g/mol. The number of aliphatic carboxylic acids is 2. The number of primary sulfonamides is 1. The molecule has 0 fully saturated rings. The third kappa shape index (κ3) is 10.7. The minimum atomic E-state index is -4.01. The number of hydrogen-bond acceptors (Lipinski definition) is 7. The lowest BCUT2D eigenvalue weighted by Gasteiger charge is -2.23. The summed E-state index contributed by atoms with van der Waals surface area (Å²) in [4.78, 5) is 60.4. The Balaban J connectivity index is 2.00. The number of sulfonamides is 1. The van der Waals surface area contributed by atoms with Gasteiger partial charge in [0.25, 0.3) is 0 Å². The zero-order chi connectivity index (χ0) is 31.0. The largest absolute Gasteiger partial charge is 0.481 e. The Hall–Kier alpha value is -3.65. The molecule has 0 aliphatic heterocycles. The number of halogens is 1. The number of carbonyl (C=O) groups excluding carboxylic acids is 3. The molecule has 0 aromatic carbocycles. The number of nitrogens with one attached hydrogen (secondary N) is 4. The van der Waals surface area contributed by atoms with Crippen LogP contribution in [0.15, 0.2) is 41.4 Å². The maximum atomic E-state index is 12.8. The lowest BCUT2D eigenvalue weighted by Crippen LogP contribution is -2.53. The highest BCUT2D eigenvalue weighted by molar-refractivity contribution is 14.1. The lowest BCUT2D eigenvalue weighted by atomic mass is 10.0. The van der Waals surface area contributed by atoms with Crippen molar-refractivity contribution in [1.29, 1.82) is 0 Å². The predicted octanol–water partition coefficient (Wildman–Crippen LogP) is 0.126. The van der Waals surface area contributed by atoms with E-state index in [2.05, 4.69) is 61.4 Å². The summed E-state index contributed by atoms with van der Waals surface area (Å²) in [7, 11) is -4.01. The summed E-state index contributed by atoms with van der Waals surface area (Å²) in [6, 6.07) is -4.01.